The first-order chi connectivity index (χ1) is 7.77. The predicted molar refractivity (Wildman–Crippen MR) is 60.0 cm³/mol. The molecule has 0 bridgehead atoms. The van der Waals surface area contributed by atoms with Crippen LogP contribution in [-0.2, 0) is 0 Å². The minimum absolute atomic E-state index is 0.860. The highest BCUT2D eigenvalue weighted by Gasteiger charge is 2.12. The number of rotatable bonds is 1. The van der Waals surface area contributed by atoms with E-state index in [1.807, 2.05) is 30.6 Å². The van der Waals surface area contributed by atoms with Gasteiger partial charge in [-0.15, -0.1) is 0 Å². The molecule has 3 heterocycles. The largest absolute Gasteiger partial charge is 0.285 e. The predicted octanol–water partition coefficient (Wildman–Crippen LogP) is 1.74. The van der Waals surface area contributed by atoms with E-state index in [1.165, 1.54) is 0 Å². The van der Waals surface area contributed by atoms with Crippen molar-refractivity contribution in [2.75, 3.05) is 0 Å². The van der Waals surface area contributed by atoms with Crippen LogP contribution in [0.25, 0.3) is 16.9 Å². The average Bonchev–Trinajstić information content (AvgIpc) is 2.89. The number of aromatic nitrogens is 5. The monoisotopic (exact) mass is 213 g/mol. The topological polar surface area (TPSA) is 58.9 Å². The lowest BCUT2D eigenvalue weighted by Crippen LogP contribution is -2.01. The SMILES string of the molecule is Cc1nc2ccnn2c(-c2cn[nH]c2)c1C. The minimum atomic E-state index is 0.860. The third kappa shape index (κ3) is 1.14. The number of H-pyrrole nitrogens is 1. The molecule has 0 aliphatic carbocycles. The molecule has 3 rings (SSSR count). The Labute approximate surface area is 92.1 Å². The van der Waals surface area contributed by atoms with Gasteiger partial charge in [-0.1, -0.05) is 0 Å². The molecule has 0 unspecified atom stereocenters. The van der Waals surface area contributed by atoms with E-state index in [0.717, 1.165) is 28.2 Å². The van der Waals surface area contributed by atoms with Crippen LogP contribution in [0.4, 0.5) is 0 Å². The number of hydrogen-bond donors (Lipinski definition) is 1. The van der Waals surface area contributed by atoms with E-state index < -0.39 is 0 Å². The molecule has 0 atom stereocenters. The lowest BCUT2D eigenvalue weighted by molar-refractivity contribution is 0.925. The molecule has 3 aromatic heterocycles. The van der Waals surface area contributed by atoms with Crippen molar-refractivity contribution in [2.45, 2.75) is 13.8 Å². The van der Waals surface area contributed by atoms with Gasteiger partial charge in [0.1, 0.15) is 0 Å². The Kier molecular flexibility index (Phi) is 1.80. The molecule has 0 fully saturated rings. The summed E-state index contributed by atoms with van der Waals surface area (Å²) in [6.07, 6.45) is 5.41. The second-order valence-corrected chi connectivity index (χ2v) is 3.76. The first-order valence-electron chi connectivity index (χ1n) is 5.07. The Morgan fingerprint density at radius 3 is 2.94 bits per heavy atom. The highest BCUT2D eigenvalue weighted by Crippen LogP contribution is 2.24. The second kappa shape index (κ2) is 3.16. The van der Waals surface area contributed by atoms with Gasteiger partial charge in [0.15, 0.2) is 5.65 Å². The number of hydrogen-bond acceptors (Lipinski definition) is 3. The maximum atomic E-state index is 4.48. The summed E-state index contributed by atoms with van der Waals surface area (Å²) in [6, 6.07) is 1.90. The van der Waals surface area contributed by atoms with Crippen molar-refractivity contribution in [1.29, 1.82) is 0 Å². The zero-order valence-electron chi connectivity index (χ0n) is 9.10. The minimum Gasteiger partial charge on any atom is -0.285 e. The summed E-state index contributed by atoms with van der Waals surface area (Å²) in [6.45, 7) is 4.05. The van der Waals surface area contributed by atoms with Crippen LogP contribution >= 0.6 is 0 Å². The Morgan fingerprint density at radius 1 is 1.31 bits per heavy atom. The van der Waals surface area contributed by atoms with Crippen LogP contribution in [0, 0.1) is 13.8 Å². The van der Waals surface area contributed by atoms with Crippen LogP contribution in [0.1, 0.15) is 11.3 Å². The summed E-state index contributed by atoms with van der Waals surface area (Å²) in [5.41, 5.74) is 5.07. The molecular weight excluding hydrogens is 202 g/mol. The quantitative estimate of drug-likeness (QED) is 0.669. The molecule has 1 N–H and O–H groups in total. The smallest absolute Gasteiger partial charge is 0.155 e. The van der Waals surface area contributed by atoms with Crippen LogP contribution in [0.5, 0.6) is 0 Å². The van der Waals surface area contributed by atoms with Crippen molar-refractivity contribution in [3.8, 4) is 11.3 Å². The standard InChI is InChI=1S/C11H11N5/c1-7-8(2)15-10-3-4-14-16(10)11(7)9-5-12-13-6-9/h3-6H,1-2H3,(H,12,13). The molecular formula is C11H11N5. The molecule has 0 amide bonds. The summed E-state index contributed by atoms with van der Waals surface area (Å²) in [5, 5.41) is 11.1. The van der Waals surface area contributed by atoms with Gasteiger partial charge in [-0.05, 0) is 19.4 Å². The summed E-state index contributed by atoms with van der Waals surface area (Å²) in [5.74, 6) is 0. The summed E-state index contributed by atoms with van der Waals surface area (Å²) >= 11 is 0. The fourth-order valence-corrected chi connectivity index (χ4v) is 1.86. The third-order valence-electron chi connectivity index (χ3n) is 2.79. The second-order valence-electron chi connectivity index (χ2n) is 3.76. The van der Waals surface area contributed by atoms with Gasteiger partial charge in [0.05, 0.1) is 18.1 Å². The van der Waals surface area contributed by atoms with Crippen molar-refractivity contribution in [1.82, 2.24) is 24.8 Å². The molecule has 0 saturated carbocycles. The van der Waals surface area contributed by atoms with Crippen molar-refractivity contribution < 1.29 is 0 Å². The maximum Gasteiger partial charge on any atom is 0.155 e. The number of aromatic amines is 1. The lowest BCUT2D eigenvalue weighted by Gasteiger charge is -2.08. The fraction of sp³-hybridized carbons (Fsp3) is 0.182. The molecule has 0 saturated heterocycles. The molecule has 80 valence electrons. The molecule has 0 aromatic carbocycles. The lowest BCUT2D eigenvalue weighted by atomic mass is 10.1. The molecule has 16 heavy (non-hydrogen) atoms. The summed E-state index contributed by atoms with van der Waals surface area (Å²) in [4.78, 5) is 4.48. The molecule has 0 spiro atoms. The number of fused-ring (bicyclic) bond motifs is 1. The van der Waals surface area contributed by atoms with E-state index in [1.54, 1.807) is 12.4 Å². The average molecular weight is 213 g/mol. The van der Waals surface area contributed by atoms with Crippen molar-refractivity contribution in [3.05, 3.63) is 35.9 Å². The molecule has 5 heteroatoms. The van der Waals surface area contributed by atoms with Gasteiger partial charge in [0, 0.05) is 23.5 Å². The molecule has 0 aliphatic rings. The van der Waals surface area contributed by atoms with Gasteiger partial charge in [0.2, 0.25) is 0 Å². The van der Waals surface area contributed by atoms with E-state index in [-0.39, 0.29) is 0 Å². The van der Waals surface area contributed by atoms with Gasteiger partial charge in [-0.2, -0.15) is 10.2 Å². The van der Waals surface area contributed by atoms with Crippen LogP contribution in [0.15, 0.2) is 24.7 Å². The maximum absolute atomic E-state index is 4.48. The van der Waals surface area contributed by atoms with Gasteiger partial charge < -0.3 is 0 Å². The van der Waals surface area contributed by atoms with E-state index in [4.69, 9.17) is 0 Å². The Bertz CT molecular complexity index is 636. The van der Waals surface area contributed by atoms with Gasteiger partial charge in [0.25, 0.3) is 0 Å². The Hall–Kier alpha value is -2.17. The highest BCUT2D eigenvalue weighted by atomic mass is 15.3. The van der Waals surface area contributed by atoms with Gasteiger partial charge >= 0.3 is 0 Å². The zero-order chi connectivity index (χ0) is 11.1. The zero-order valence-corrected chi connectivity index (χ0v) is 9.10. The number of nitrogens with zero attached hydrogens (tertiary/aromatic N) is 4. The van der Waals surface area contributed by atoms with Crippen molar-refractivity contribution >= 4 is 5.65 Å². The normalized spacial score (nSPS) is 11.1. The van der Waals surface area contributed by atoms with Gasteiger partial charge in [-0.3, -0.25) is 5.10 Å². The van der Waals surface area contributed by atoms with Crippen LogP contribution in [0.2, 0.25) is 0 Å². The van der Waals surface area contributed by atoms with Gasteiger partial charge in [-0.25, -0.2) is 9.50 Å². The molecule has 0 radical (unpaired) electrons. The van der Waals surface area contributed by atoms with E-state index >= 15 is 0 Å². The summed E-state index contributed by atoms with van der Waals surface area (Å²) < 4.78 is 1.84. The number of nitrogens with one attached hydrogen (secondary N) is 1. The Morgan fingerprint density at radius 2 is 2.19 bits per heavy atom. The number of aryl methyl sites for hydroxylation is 1. The first-order valence-corrected chi connectivity index (χ1v) is 5.07. The van der Waals surface area contributed by atoms with Crippen molar-refractivity contribution in [3.63, 3.8) is 0 Å². The molecule has 5 nitrogen and oxygen atoms in total. The fourth-order valence-electron chi connectivity index (χ4n) is 1.86. The Balaban J connectivity index is 2.45. The summed E-state index contributed by atoms with van der Waals surface area (Å²) in [7, 11) is 0. The molecule has 3 aromatic rings. The van der Waals surface area contributed by atoms with Crippen molar-refractivity contribution in [2.24, 2.45) is 0 Å². The van der Waals surface area contributed by atoms with Crippen LogP contribution < -0.4 is 0 Å². The van der Waals surface area contributed by atoms with Crippen LogP contribution in [0.3, 0.4) is 0 Å². The highest BCUT2D eigenvalue weighted by molar-refractivity contribution is 5.65. The third-order valence-corrected chi connectivity index (χ3v) is 2.79. The van der Waals surface area contributed by atoms with Crippen LogP contribution in [-0.4, -0.2) is 24.8 Å². The molecule has 0 aliphatic heterocycles. The van der Waals surface area contributed by atoms with E-state index in [2.05, 4.69) is 20.3 Å². The van der Waals surface area contributed by atoms with E-state index in [9.17, 15) is 0 Å². The van der Waals surface area contributed by atoms with E-state index in [0.29, 0.717) is 0 Å². The first kappa shape index (κ1) is 9.08.